The molecule has 2 nitrogen and oxygen atoms in total. The Morgan fingerprint density at radius 1 is 1.26 bits per heavy atom. The minimum Gasteiger partial charge on any atom is -0.396 e. The van der Waals surface area contributed by atoms with Gasteiger partial charge in [0.05, 0.1) is 0 Å². The number of rotatable bonds is 6. The van der Waals surface area contributed by atoms with Crippen molar-refractivity contribution in [3.05, 3.63) is 29.8 Å². The molecule has 0 spiro atoms. The summed E-state index contributed by atoms with van der Waals surface area (Å²) in [7, 11) is 0. The van der Waals surface area contributed by atoms with Crippen LogP contribution in [0.5, 0.6) is 0 Å². The minimum atomic E-state index is 0.321. The molecule has 0 radical (unpaired) electrons. The van der Waals surface area contributed by atoms with E-state index in [-0.39, 0.29) is 0 Å². The summed E-state index contributed by atoms with van der Waals surface area (Å²) < 4.78 is 0. The van der Waals surface area contributed by atoms with Crippen molar-refractivity contribution < 1.29 is 5.11 Å². The monoisotopic (exact) mass is 277 g/mol. The second kappa shape index (κ2) is 6.29. The lowest BCUT2D eigenvalue weighted by atomic mass is 9.91. The van der Waals surface area contributed by atoms with Crippen LogP contribution in [0.3, 0.4) is 0 Å². The van der Waals surface area contributed by atoms with Crippen LogP contribution in [-0.2, 0) is 6.42 Å². The molecule has 3 rings (SSSR count). The summed E-state index contributed by atoms with van der Waals surface area (Å²) in [5.74, 6) is 0. The van der Waals surface area contributed by atoms with Gasteiger partial charge in [-0.2, -0.15) is 0 Å². The summed E-state index contributed by atoms with van der Waals surface area (Å²) in [6.45, 7) is 2.57. The number of thioether (sulfide) groups is 1. The van der Waals surface area contributed by atoms with Gasteiger partial charge in [0.25, 0.3) is 0 Å². The third kappa shape index (κ3) is 3.15. The Bertz CT molecular complexity index is 394. The molecule has 0 bridgehead atoms. The maximum Gasteiger partial charge on any atom is 0.0443 e. The first-order valence-corrected chi connectivity index (χ1v) is 8.34. The zero-order valence-electron chi connectivity index (χ0n) is 11.4. The van der Waals surface area contributed by atoms with E-state index in [1.807, 2.05) is 11.8 Å². The fourth-order valence-electron chi connectivity index (χ4n) is 3.07. The number of hydrogen-bond donors (Lipinski definition) is 1. The first kappa shape index (κ1) is 13.5. The van der Waals surface area contributed by atoms with Crippen molar-refractivity contribution in [1.82, 2.24) is 4.90 Å². The van der Waals surface area contributed by atoms with E-state index >= 15 is 0 Å². The van der Waals surface area contributed by atoms with Gasteiger partial charge in [-0.15, -0.1) is 11.8 Å². The van der Waals surface area contributed by atoms with E-state index in [4.69, 9.17) is 5.11 Å². The molecule has 0 saturated heterocycles. The smallest absolute Gasteiger partial charge is 0.0443 e. The van der Waals surface area contributed by atoms with Crippen molar-refractivity contribution in [2.24, 2.45) is 0 Å². The molecule has 104 valence electrons. The minimum absolute atomic E-state index is 0.321. The Hall–Kier alpha value is -0.510. The molecule has 1 unspecified atom stereocenters. The maximum absolute atomic E-state index is 9.06. The molecular formula is C16H23NOS. The van der Waals surface area contributed by atoms with Gasteiger partial charge in [0, 0.05) is 35.9 Å². The number of aliphatic hydroxyl groups excluding tert-OH is 1. The van der Waals surface area contributed by atoms with Gasteiger partial charge in [-0.1, -0.05) is 24.6 Å². The molecule has 3 heteroatoms. The summed E-state index contributed by atoms with van der Waals surface area (Å²) in [6.07, 6.45) is 6.23. The van der Waals surface area contributed by atoms with Crippen molar-refractivity contribution >= 4 is 11.8 Å². The molecule has 1 aromatic rings. The van der Waals surface area contributed by atoms with Gasteiger partial charge >= 0.3 is 0 Å². The second-order valence-corrected chi connectivity index (χ2v) is 7.05. The predicted octanol–water partition coefficient (Wildman–Crippen LogP) is 2.94. The third-order valence-corrected chi connectivity index (χ3v) is 5.65. The fraction of sp³-hybridized carbons (Fsp3) is 0.625. The second-order valence-electron chi connectivity index (χ2n) is 5.71. The lowest BCUT2D eigenvalue weighted by Crippen LogP contribution is -2.44. The Labute approximate surface area is 120 Å². The van der Waals surface area contributed by atoms with Crippen LogP contribution in [0.2, 0.25) is 0 Å². The van der Waals surface area contributed by atoms with Gasteiger partial charge in [-0.3, -0.25) is 4.90 Å². The summed E-state index contributed by atoms with van der Waals surface area (Å²) in [5, 5.41) is 9.76. The van der Waals surface area contributed by atoms with Crippen molar-refractivity contribution in [2.45, 2.75) is 48.3 Å². The largest absolute Gasteiger partial charge is 0.396 e. The zero-order chi connectivity index (χ0) is 13.1. The first-order valence-electron chi connectivity index (χ1n) is 7.46. The average Bonchev–Trinajstić information content (AvgIpc) is 2.76. The number of nitrogens with zero attached hydrogens (tertiary/aromatic N) is 1. The molecule has 1 atom stereocenters. The van der Waals surface area contributed by atoms with Crippen LogP contribution < -0.4 is 0 Å². The van der Waals surface area contributed by atoms with E-state index in [0.29, 0.717) is 11.9 Å². The average molecular weight is 277 g/mol. The molecule has 1 heterocycles. The van der Waals surface area contributed by atoms with Gasteiger partial charge in [-0.05, 0) is 37.3 Å². The highest BCUT2D eigenvalue weighted by Crippen LogP contribution is 2.38. The molecule has 2 aliphatic rings. The van der Waals surface area contributed by atoms with E-state index in [1.165, 1.54) is 42.7 Å². The lowest BCUT2D eigenvalue weighted by Gasteiger charge is -2.38. The molecule has 1 aromatic carbocycles. The maximum atomic E-state index is 9.06. The number of hydrogen-bond acceptors (Lipinski definition) is 3. The molecule has 1 saturated carbocycles. The molecular weight excluding hydrogens is 254 g/mol. The number of fused-ring (bicyclic) bond motifs is 1. The summed E-state index contributed by atoms with van der Waals surface area (Å²) >= 11 is 2.05. The summed E-state index contributed by atoms with van der Waals surface area (Å²) in [5.41, 5.74) is 1.52. The zero-order valence-corrected chi connectivity index (χ0v) is 12.2. The Morgan fingerprint density at radius 2 is 2.11 bits per heavy atom. The van der Waals surface area contributed by atoms with Gasteiger partial charge in [0.2, 0.25) is 0 Å². The van der Waals surface area contributed by atoms with E-state index in [0.717, 1.165) is 19.0 Å². The lowest BCUT2D eigenvalue weighted by molar-refractivity contribution is 0.117. The Balaban J connectivity index is 1.57. The van der Waals surface area contributed by atoms with Crippen LogP contribution in [0.1, 0.15) is 31.2 Å². The summed E-state index contributed by atoms with van der Waals surface area (Å²) in [6, 6.07) is 9.60. The van der Waals surface area contributed by atoms with Crippen LogP contribution >= 0.6 is 11.8 Å². The van der Waals surface area contributed by atoms with Crippen molar-refractivity contribution in [1.29, 1.82) is 0 Å². The quantitative estimate of drug-likeness (QED) is 0.865. The van der Waals surface area contributed by atoms with Crippen molar-refractivity contribution in [2.75, 3.05) is 19.7 Å². The topological polar surface area (TPSA) is 23.5 Å². The third-order valence-electron chi connectivity index (χ3n) is 4.35. The normalized spacial score (nSPS) is 22.5. The predicted molar refractivity (Wildman–Crippen MR) is 80.7 cm³/mol. The van der Waals surface area contributed by atoms with E-state index in [1.54, 1.807) is 0 Å². The highest BCUT2D eigenvalue weighted by Gasteiger charge is 2.29. The van der Waals surface area contributed by atoms with Crippen molar-refractivity contribution in [3.63, 3.8) is 0 Å². The van der Waals surface area contributed by atoms with Crippen LogP contribution in [-0.4, -0.2) is 41.0 Å². The molecule has 19 heavy (non-hydrogen) atoms. The van der Waals surface area contributed by atoms with Gasteiger partial charge < -0.3 is 5.11 Å². The SMILES string of the molecule is OCCCN(CC1Cc2ccccc2S1)C1CCC1. The van der Waals surface area contributed by atoms with E-state index in [2.05, 4.69) is 29.2 Å². The van der Waals surface area contributed by atoms with E-state index in [9.17, 15) is 0 Å². The standard InChI is InChI=1S/C16H23NOS/c18-10-4-9-17(14-6-3-7-14)12-15-11-13-5-1-2-8-16(13)19-15/h1-2,5,8,14-15,18H,3-4,6-7,9-12H2. The van der Waals surface area contributed by atoms with Gasteiger partial charge in [0.1, 0.15) is 0 Å². The molecule has 1 N–H and O–H groups in total. The van der Waals surface area contributed by atoms with Crippen molar-refractivity contribution in [3.8, 4) is 0 Å². The molecule has 0 amide bonds. The first-order chi connectivity index (χ1) is 9.36. The van der Waals surface area contributed by atoms with Crippen LogP contribution in [0.25, 0.3) is 0 Å². The molecule has 1 aliphatic heterocycles. The Kier molecular flexibility index (Phi) is 4.46. The highest BCUT2D eigenvalue weighted by molar-refractivity contribution is 8.00. The highest BCUT2D eigenvalue weighted by atomic mass is 32.2. The number of aliphatic hydroxyl groups is 1. The van der Waals surface area contributed by atoms with Gasteiger partial charge in [0.15, 0.2) is 0 Å². The van der Waals surface area contributed by atoms with E-state index < -0.39 is 0 Å². The molecule has 0 aromatic heterocycles. The Morgan fingerprint density at radius 3 is 2.79 bits per heavy atom. The molecule has 1 aliphatic carbocycles. The van der Waals surface area contributed by atoms with Crippen LogP contribution in [0, 0.1) is 0 Å². The van der Waals surface area contributed by atoms with Crippen LogP contribution in [0.15, 0.2) is 29.2 Å². The number of benzene rings is 1. The van der Waals surface area contributed by atoms with Gasteiger partial charge in [-0.25, -0.2) is 0 Å². The van der Waals surface area contributed by atoms with Crippen LogP contribution in [0.4, 0.5) is 0 Å². The molecule has 1 fully saturated rings. The fourth-order valence-corrected chi connectivity index (χ4v) is 4.41. The summed E-state index contributed by atoms with van der Waals surface area (Å²) in [4.78, 5) is 4.10.